The van der Waals surface area contributed by atoms with E-state index < -0.39 is 22.7 Å². The van der Waals surface area contributed by atoms with Gasteiger partial charge in [0, 0.05) is 28.5 Å². The lowest BCUT2D eigenvalue weighted by molar-refractivity contribution is -0.384. The Morgan fingerprint density at radius 1 is 1.06 bits per heavy atom. The number of hydrogen-bond acceptors (Lipinski definition) is 8. The van der Waals surface area contributed by atoms with Crippen LogP contribution < -0.4 is 4.74 Å². The Bertz CT molecular complexity index is 1460. The third kappa shape index (κ3) is 3.43. The summed E-state index contributed by atoms with van der Waals surface area (Å²) in [5, 5.41) is 11.2. The maximum atomic E-state index is 13.5. The fourth-order valence-electron chi connectivity index (χ4n) is 4.75. The number of esters is 1. The number of ketones is 1. The van der Waals surface area contributed by atoms with Crippen molar-refractivity contribution < 1.29 is 28.4 Å². The van der Waals surface area contributed by atoms with E-state index >= 15 is 0 Å². The van der Waals surface area contributed by atoms with E-state index in [-0.39, 0.29) is 17.2 Å². The summed E-state index contributed by atoms with van der Waals surface area (Å²) in [7, 11) is 2.70. The number of non-ortho nitro benzene ring substituents is 1. The maximum Gasteiger partial charge on any atom is 0.315 e. The van der Waals surface area contributed by atoms with Crippen LogP contribution in [0.25, 0.3) is 17.0 Å². The highest BCUT2D eigenvalue weighted by atomic mass is 16.6. The summed E-state index contributed by atoms with van der Waals surface area (Å²) in [6, 6.07) is 14.8. The van der Waals surface area contributed by atoms with E-state index in [4.69, 9.17) is 13.9 Å². The third-order valence-electron chi connectivity index (χ3n) is 6.36. The molecule has 2 aromatic carbocycles. The second-order valence-electron chi connectivity index (χ2n) is 8.21. The topological polar surface area (TPSA) is 121 Å². The number of benzene rings is 2. The number of ether oxygens (including phenoxy) is 2. The van der Waals surface area contributed by atoms with Crippen molar-refractivity contribution in [3.63, 3.8) is 0 Å². The number of carbonyl (C=O) groups is 2. The monoisotopic (exact) mass is 472 g/mol. The molecular formula is C26H20N2O7. The molecule has 1 aliphatic carbocycles. The predicted octanol–water partition coefficient (Wildman–Crippen LogP) is 4.82. The molecule has 5 rings (SSSR count). The smallest absolute Gasteiger partial charge is 0.315 e. The molecule has 0 saturated carbocycles. The first-order valence-electron chi connectivity index (χ1n) is 10.8. The second-order valence-corrected chi connectivity index (χ2v) is 8.21. The lowest BCUT2D eigenvalue weighted by Gasteiger charge is -2.28. The van der Waals surface area contributed by atoms with Crippen LogP contribution in [0.3, 0.4) is 0 Å². The fraction of sp³-hybridized carbons (Fsp3) is 0.192. The standard InChI is InChI=1S/C26H20N2O7/c1-13-21(26(30)34-3)22(23-24(27-13)15-6-4-5-7-16(15)25(23)29)19-11-10-18(35-19)17-9-8-14(28(31)32)12-20(17)33-2/h4-12,21-22H,1-3H3/t21?,22-/m1/s1. The van der Waals surface area contributed by atoms with E-state index in [2.05, 4.69) is 4.99 Å². The quantitative estimate of drug-likeness (QED) is 0.296. The molecule has 2 heterocycles. The van der Waals surface area contributed by atoms with Gasteiger partial charge in [0.05, 0.1) is 42.4 Å². The summed E-state index contributed by atoms with van der Waals surface area (Å²) in [6.45, 7) is 1.73. The molecule has 0 bridgehead atoms. The molecule has 176 valence electrons. The minimum atomic E-state index is -0.852. The van der Waals surface area contributed by atoms with Gasteiger partial charge in [-0.3, -0.25) is 24.7 Å². The van der Waals surface area contributed by atoms with E-state index in [1.807, 2.05) is 12.1 Å². The first-order chi connectivity index (χ1) is 16.8. The molecule has 9 nitrogen and oxygen atoms in total. The Morgan fingerprint density at radius 2 is 1.80 bits per heavy atom. The van der Waals surface area contributed by atoms with Crippen molar-refractivity contribution in [2.24, 2.45) is 10.9 Å². The normalized spacial score (nSPS) is 18.6. The Morgan fingerprint density at radius 3 is 2.49 bits per heavy atom. The van der Waals surface area contributed by atoms with Gasteiger partial charge in [-0.1, -0.05) is 24.3 Å². The van der Waals surface area contributed by atoms with Crippen LogP contribution in [0.4, 0.5) is 5.69 Å². The number of allylic oxidation sites excluding steroid dienone is 1. The van der Waals surface area contributed by atoms with Crippen molar-refractivity contribution >= 4 is 28.8 Å². The summed E-state index contributed by atoms with van der Waals surface area (Å²) < 4.78 is 16.6. The molecule has 2 aliphatic rings. The van der Waals surface area contributed by atoms with E-state index in [0.29, 0.717) is 45.2 Å². The zero-order valence-electron chi connectivity index (χ0n) is 19.1. The largest absolute Gasteiger partial charge is 0.496 e. The first-order valence-corrected chi connectivity index (χ1v) is 10.8. The highest BCUT2D eigenvalue weighted by Gasteiger charge is 2.47. The number of carbonyl (C=O) groups excluding carboxylic acids is 2. The van der Waals surface area contributed by atoms with Crippen molar-refractivity contribution in [1.82, 2.24) is 0 Å². The van der Waals surface area contributed by atoms with Gasteiger partial charge in [-0.25, -0.2) is 0 Å². The van der Waals surface area contributed by atoms with E-state index in [1.54, 1.807) is 31.2 Å². The number of aliphatic imine (C=N–C) groups is 1. The lowest BCUT2D eigenvalue weighted by atomic mass is 9.78. The molecule has 0 amide bonds. The van der Waals surface area contributed by atoms with Crippen LogP contribution in [-0.2, 0) is 9.53 Å². The first kappa shape index (κ1) is 22.3. The summed E-state index contributed by atoms with van der Waals surface area (Å²) in [5.74, 6) is -1.34. The van der Waals surface area contributed by atoms with Gasteiger partial charge >= 0.3 is 5.97 Å². The van der Waals surface area contributed by atoms with Crippen LogP contribution in [-0.4, -0.2) is 36.6 Å². The number of methoxy groups -OCH3 is 2. The van der Waals surface area contributed by atoms with Gasteiger partial charge in [0.2, 0.25) is 0 Å². The van der Waals surface area contributed by atoms with Gasteiger partial charge < -0.3 is 13.9 Å². The number of hydrogen-bond donors (Lipinski definition) is 0. The van der Waals surface area contributed by atoms with Crippen LogP contribution in [0.15, 0.2) is 69.6 Å². The minimum absolute atomic E-state index is 0.119. The summed E-state index contributed by atoms with van der Waals surface area (Å²) in [5.41, 5.74) is 3.03. The van der Waals surface area contributed by atoms with Crippen LogP contribution >= 0.6 is 0 Å². The van der Waals surface area contributed by atoms with Crippen molar-refractivity contribution in [3.05, 3.63) is 87.2 Å². The number of nitro groups is 1. The molecule has 0 saturated heterocycles. The highest BCUT2D eigenvalue weighted by Crippen LogP contribution is 2.49. The van der Waals surface area contributed by atoms with Crippen LogP contribution in [0.2, 0.25) is 0 Å². The van der Waals surface area contributed by atoms with Crippen molar-refractivity contribution in [2.45, 2.75) is 12.8 Å². The van der Waals surface area contributed by atoms with E-state index in [0.717, 1.165) is 0 Å². The molecule has 0 fully saturated rings. The molecule has 2 atom stereocenters. The van der Waals surface area contributed by atoms with E-state index in [9.17, 15) is 19.7 Å². The summed E-state index contributed by atoms with van der Waals surface area (Å²) in [4.78, 5) is 41.6. The number of rotatable bonds is 5. The number of furan rings is 1. The molecule has 9 heteroatoms. The Hall–Kier alpha value is -4.53. The summed E-state index contributed by atoms with van der Waals surface area (Å²) in [6.07, 6.45) is 0. The number of Topliss-reactive ketones (excluding diaryl/α,β-unsaturated/α-hetero) is 1. The van der Waals surface area contributed by atoms with Crippen LogP contribution in [0.1, 0.15) is 34.5 Å². The second kappa shape index (κ2) is 8.35. The van der Waals surface area contributed by atoms with Crippen molar-refractivity contribution in [1.29, 1.82) is 0 Å². The Kier molecular flexibility index (Phi) is 5.32. The molecule has 0 spiro atoms. The molecule has 0 radical (unpaired) electrons. The average Bonchev–Trinajstić information content (AvgIpc) is 3.46. The number of nitrogens with zero attached hydrogens (tertiary/aromatic N) is 2. The zero-order valence-corrected chi connectivity index (χ0v) is 19.1. The van der Waals surface area contributed by atoms with Gasteiger partial charge in [0.25, 0.3) is 5.69 Å². The van der Waals surface area contributed by atoms with Crippen LogP contribution in [0.5, 0.6) is 5.75 Å². The van der Waals surface area contributed by atoms with E-state index in [1.165, 1.54) is 32.4 Å². The average molecular weight is 472 g/mol. The van der Waals surface area contributed by atoms with Crippen LogP contribution in [0, 0.1) is 16.0 Å². The third-order valence-corrected chi connectivity index (χ3v) is 6.36. The molecule has 0 N–H and O–H groups in total. The molecule has 35 heavy (non-hydrogen) atoms. The van der Waals surface area contributed by atoms with Gasteiger partial charge in [-0.05, 0) is 25.1 Å². The fourth-order valence-corrected chi connectivity index (χ4v) is 4.75. The predicted molar refractivity (Wildman–Crippen MR) is 126 cm³/mol. The summed E-state index contributed by atoms with van der Waals surface area (Å²) >= 11 is 0. The number of nitro benzene ring substituents is 1. The molecule has 1 unspecified atom stereocenters. The zero-order chi connectivity index (χ0) is 24.9. The molecular weight excluding hydrogens is 452 g/mol. The lowest BCUT2D eigenvalue weighted by Crippen LogP contribution is -2.34. The van der Waals surface area contributed by atoms with Gasteiger partial charge in [-0.15, -0.1) is 0 Å². The molecule has 3 aromatic rings. The minimum Gasteiger partial charge on any atom is -0.496 e. The van der Waals surface area contributed by atoms with Crippen molar-refractivity contribution in [2.75, 3.05) is 14.2 Å². The molecule has 1 aromatic heterocycles. The highest BCUT2D eigenvalue weighted by molar-refractivity contribution is 6.24. The van der Waals surface area contributed by atoms with Crippen molar-refractivity contribution in [3.8, 4) is 17.1 Å². The maximum absolute atomic E-state index is 13.5. The van der Waals surface area contributed by atoms with Gasteiger partial charge in [0.1, 0.15) is 23.2 Å². The van der Waals surface area contributed by atoms with Gasteiger partial charge in [-0.2, -0.15) is 0 Å². The SMILES string of the molecule is COC(=O)C1C(C)=NC2=C(C(=O)c3ccccc32)[C@@H]1c1ccc(-c2ccc([N+](=O)[O-])cc2OC)o1. The number of fused-ring (bicyclic) bond motifs is 2. The molecule has 1 aliphatic heterocycles. The Balaban J connectivity index is 1.65. The Labute approximate surface area is 199 Å². The van der Waals surface area contributed by atoms with Gasteiger partial charge in [0.15, 0.2) is 5.78 Å².